The van der Waals surface area contributed by atoms with Crippen LogP contribution in [0.25, 0.3) is 0 Å². The van der Waals surface area contributed by atoms with Crippen molar-refractivity contribution in [2.24, 2.45) is 5.92 Å². The molecule has 6 heteroatoms. The molecule has 0 radical (unpaired) electrons. The number of amides is 2. The summed E-state index contributed by atoms with van der Waals surface area (Å²) in [5.74, 6) is -0.206. The number of anilines is 1. The summed E-state index contributed by atoms with van der Waals surface area (Å²) in [5, 5.41) is 3.02. The fraction of sp³-hybridized carbons (Fsp3) is 0.467. The molecule has 1 unspecified atom stereocenters. The van der Waals surface area contributed by atoms with Crippen molar-refractivity contribution in [3.05, 3.63) is 28.7 Å². The zero-order valence-electron chi connectivity index (χ0n) is 12.3. The first kappa shape index (κ1) is 16.0. The van der Waals surface area contributed by atoms with Crippen molar-refractivity contribution in [3.63, 3.8) is 0 Å². The molecule has 0 bridgehead atoms. The van der Waals surface area contributed by atoms with E-state index in [9.17, 15) is 9.59 Å². The number of hydrogen-bond donors (Lipinski definition) is 1. The van der Waals surface area contributed by atoms with Gasteiger partial charge in [-0.25, -0.2) is 0 Å². The van der Waals surface area contributed by atoms with E-state index in [2.05, 4.69) is 21.2 Å². The summed E-state index contributed by atoms with van der Waals surface area (Å²) in [6, 6.07) is 7.59. The maximum absolute atomic E-state index is 12.4. The summed E-state index contributed by atoms with van der Waals surface area (Å²) >= 11 is 3.40. The highest BCUT2D eigenvalue weighted by Crippen LogP contribution is 2.28. The number of hydrogen-bond acceptors (Lipinski definition) is 3. The van der Waals surface area contributed by atoms with Crippen LogP contribution in [0.4, 0.5) is 5.69 Å². The highest BCUT2D eigenvalue weighted by atomic mass is 79.9. The molecule has 0 aromatic heterocycles. The van der Waals surface area contributed by atoms with Gasteiger partial charge in [-0.3, -0.25) is 9.59 Å². The van der Waals surface area contributed by atoms with Gasteiger partial charge in [-0.1, -0.05) is 22.0 Å². The van der Waals surface area contributed by atoms with Crippen LogP contribution in [0, 0.1) is 5.92 Å². The van der Waals surface area contributed by atoms with Gasteiger partial charge in [0.25, 0.3) is 0 Å². The van der Waals surface area contributed by atoms with Crippen molar-refractivity contribution in [1.29, 1.82) is 0 Å². The molecule has 1 aliphatic heterocycles. The van der Waals surface area contributed by atoms with Crippen LogP contribution in [0.1, 0.15) is 6.42 Å². The lowest BCUT2D eigenvalue weighted by molar-refractivity contribution is -0.134. The summed E-state index contributed by atoms with van der Waals surface area (Å²) in [5.41, 5.74) is 0.836. The summed E-state index contributed by atoms with van der Waals surface area (Å²) in [6.07, 6.45) is 0.287. The molecule has 1 N–H and O–H groups in total. The molecule has 2 rings (SSSR count). The first-order chi connectivity index (χ1) is 10.0. The SMILES string of the molecule is CNCCN(C)C(=O)C1CC(=O)N(c2cccc(Br)c2)C1. The van der Waals surface area contributed by atoms with Crippen molar-refractivity contribution >= 4 is 33.4 Å². The molecule has 1 aliphatic rings. The van der Waals surface area contributed by atoms with Crippen LogP contribution in [0.5, 0.6) is 0 Å². The molecule has 5 nitrogen and oxygen atoms in total. The van der Waals surface area contributed by atoms with Gasteiger partial charge in [0.15, 0.2) is 0 Å². The van der Waals surface area contributed by atoms with Crippen molar-refractivity contribution in [1.82, 2.24) is 10.2 Å². The lowest BCUT2D eigenvalue weighted by atomic mass is 10.1. The molecule has 0 saturated carbocycles. The van der Waals surface area contributed by atoms with Crippen LogP contribution in [0.15, 0.2) is 28.7 Å². The van der Waals surface area contributed by atoms with Gasteiger partial charge in [0.2, 0.25) is 11.8 Å². The largest absolute Gasteiger partial charge is 0.344 e. The standard InChI is InChI=1S/C15H20BrN3O2/c1-17-6-7-18(2)15(21)11-8-14(20)19(10-11)13-5-3-4-12(16)9-13/h3-5,9,11,17H,6-8,10H2,1-2H3. The second-order valence-electron chi connectivity index (χ2n) is 5.25. The second-order valence-corrected chi connectivity index (χ2v) is 6.16. The Bertz CT molecular complexity index is 535. The second kappa shape index (κ2) is 7.04. The zero-order chi connectivity index (χ0) is 15.4. The monoisotopic (exact) mass is 353 g/mol. The van der Waals surface area contributed by atoms with E-state index in [-0.39, 0.29) is 24.2 Å². The predicted molar refractivity (Wildman–Crippen MR) is 86.2 cm³/mol. The molecule has 1 fully saturated rings. The maximum Gasteiger partial charge on any atom is 0.227 e. The number of halogens is 1. The molecule has 1 saturated heterocycles. The van der Waals surface area contributed by atoms with Crippen molar-refractivity contribution in [2.45, 2.75) is 6.42 Å². The number of nitrogens with zero attached hydrogens (tertiary/aromatic N) is 2. The third kappa shape index (κ3) is 3.83. The van der Waals surface area contributed by atoms with E-state index in [0.29, 0.717) is 13.1 Å². The van der Waals surface area contributed by atoms with E-state index in [1.54, 1.807) is 16.8 Å². The van der Waals surface area contributed by atoms with Crippen LogP contribution < -0.4 is 10.2 Å². The van der Waals surface area contributed by atoms with E-state index in [4.69, 9.17) is 0 Å². The highest BCUT2D eigenvalue weighted by molar-refractivity contribution is 9.10. The summed E-state index contributed by atoms with van der Waals surface area (Å²) in [6.45, 7) is 1.85. The van der Waals surface area contributed by atoms with Gasteiger partial charge in [0, 0.05) is 43.3 Å². The van der Waals surface area contributed by atoms with Crippen molar-refractivity contribution in [2.75, 3.05) is 38.6 Å². The molecule has 1 aromatic rings. The zero-order valence-corrected chi connectivity index (χ0v) is 13.9. The number of rotatable bonds is 5. The average Bonchev–Trinajstić information content (AvgIpc) is 2.86. The molecule has 2 amide bonds. The number of likely N-dealkylation sites (N-methyl/N-ethyl adjacent to an activating group) is 2. The van der Waals surface area contributed by atoms with Gasteiger partial charge in [-0.05, 0) is 25.2 Å². The number of carbonyl (C=O) groups excluding carboxylic acids is 2. The Hall–Kier alpha value is -1.40. The topological polar surface area (TPSA) is 52.7 Å². The van der Waals surface area contributed by atoms with E-state index in [1.807, 2.05) is 31.3 Å². The van der Waals surface area contributed by atoms with Crippen LogP contribution >= 0.6 is 15.9 Å². The van der Waals surface area contributed by atoms with Gasteiger partial charge in [0.1, 0.15) is 0 Å². The normalized spacial score (nSPS) is 18.1. The maximum atomic E-state index is 12.4. The van der Waals surface area contributed by atoms with Gasteiger partial charge in [0.05, 0.1) is 5.92 Å². The average molecular weight is 354 g/mol. The van der Waals surface area contributed by atoms with Crippen LogP contribution in [-0.4, -0.2) is 50.4 Å². The van der Waals surface area contributed by atoms with Crippen LogP contribution in [-0.2, 0) is 9.59 Å². The van der Waals surface area contributed by atoms with E-state index < -0.39 is 0 Å². The molecule has 0 spiro atoms. The quantitative estimate of drug-likeness (QED) is 0.872. The fourth-order valence-electron chi connectivity index (χ4n) is 2.47. The molecule has 1 atom stereocenters. The van der Waals surface area contributed by atoms with Crippen molar-refractivity contribution in [3.8, 4) is 0 Å². The first-order valence-corrected chi connectivity index (χ1v) is 7.77. The van der Waals surface area contributed by atoms with Gasteiger partial charge in [-0.2, -0.15) is 0 Å². The number of benzene rings is 1. The Morgan fingerprint density at radius 1 is 1.52 bits per heavy atom. The molecule has 1 heterocycles. The minimum atomic E-state index is -0.252. The Labute approximate surface area is 133 Å². The summed E-state index contributed by atoms with van der Waals surface area (Å²) in [7, 11) is 3.64. The smallest absolute Gasteiger partial charge is 0.227 e. The summed E-state index contributed by atoms with van der Waals surface area (Å²) in [4.78, 5) is 27.9. The van der Waals surface area contributed by atoms with Crippen LogP contribution in [0.3, 0.4) is 0 Å². The first-order valence-electron chi connectivity index (χ1n) is 6.98. The molecule has 21 heavy (non-hydrogen) atoms. The van der Waals surface area contributed by atoms with Gasteiger partial charge >= 0.3 is 0 Å². The lowest BCUT2D eigenvalue weighted by Crippen LogP contribution is -2.38. The minimum absolute atomic E-state index is 0.00784. The fourth-order valence-corrected chi connectivity index (χ4v) is 2.86. The Morgan fingerprint density at radius 2 is 2.29 bits per heavy atom. The van der Waals surface area contributed by atoms with E-state index in [0.717, 1.165) is 16.7 Å². The molecule has 114 valence electrons. The molecular formula is C15H20BrN3O2. The number of carbonyl (C=O) groups is 2. The van der Waals surface area contributed by atoms with Gasteiger partial charge in [-0.15, -0.1) is 0 Å². The predicted octanol–water partition coefficient (Wildman–Crippen LogP) is 1.48. The number of nitrogens with one attached hydrogen (secondary N) is 1. The Morgan fingerprint density at radius 3 is 2.95 bits per heavy atom. The Kier molecular flexibility index (Phi) is 5.36. The molecular weight excluding hydrogens is 334 g/mol. The minimum Gasteiger partial charge on any atom is -0.344 e. The van der Waals surface area contributed by atoms with Crippen LogP contribution in [0.2, 0.25) is 0 Å². The van der Waals surface area contributed by atoms with Crippen molar-refractivity contribution < 1.29 is 9.59 Å². The lowest BCUT2D eigenvalue weighted by Gasteiger charge is -2.21. The third-order valence-electron chi connectivity index (χ3n) is 3.67. The highest BCUT2D eigenvalue weighted by Gasteiger charge is 2.36. The summed E-state index contributed by atoms with van der Waals surface area (Å²) < 4.78 is 0.925. The molecule has 1 aromatic carbocycles. The Balaban J connectivity index is 2.04. The van der Waals surface area contributed by atoms with E-state index >= 15 is 0 Å². The molecule has 0 aliphatic carbocycles. The third-order valence-corrected chi connectivity index (χ3v) is 4.16. The van der Waals surface area contributed by atoms with Gasteiger partial charge < -0.3 is 15.1 Å². The van der Waals surface area contributed by atoms with E-state index in [1.165, 1.54) is 0 Å².